The van der Waals surface area contributed by atoms with Gasteiger partial charge in [0.2, 0.25) is 11.8 Å². The topological polar surface area (TPSA) is 58.2 Å². The minimum Gasteiger partial charge on any atom is -0.301 e. The van der Waals surface area contributed by atoms with E-state index in [1.165, 1.54) is 12.1 Å². The van der Waals surface area contributed by atoms with Gasteiger partial charge in [-0.05, 0) is 17.7 Å². The van der Waals surface area contributed by atoms with Gasteiger partial charge in [0.05, 0.1) is 18.0 Å². The molecule has 102 valence electrons. The smallest absolute Gasteiger partial charge is 0.301 e. The van der Waals surface area contributed by atoms with Crippen LogP contribution in [0.3, 0.4) is 0 Å². The number of rotatable bonds is 3. The summed E-state index contributed by atoms with van der Waals surface area (Å²) in [6.45, 7) is 0.226. The second-order valence-electron chi connectivity index (χ2n) is 4.24. The molecule has 0 bridgehead atoms. The molecule has 1 fully saturated rings. The number of alkyl halides is 3. The molecule has 1 unspecified atom stereocenters. The highest BCUT2D eigenvalue weighted by atomic mass is 19.4. The van der Waals surface area contributed by atoms with E-state index < -0.39 is 23.7 Å². The number of amides is 2. The molecule has 1 aromatic carbocycles. The predicted octanol–water partition coefficient (Wildman–Crippen LogP) is 1.21. The van der Waals surface area contributed by atoms with Crippen LogP contribution < -0.4 is 10.6 Å². The van der Waals surface area contributed by atoms with Crippen LogP contribution in [0.4, 0.5) is 13.2 Å². The average molecular weight is 272 g/mol. The summed E-state index contributed by atoms with van der Waals surface area (Å²) in [6, 6.07) is 4.03. The second kappa shape index (κ2) is 5.00. The maximum atomic E-state index is 12.3. The van der Waals surface area contributed by atoms with E-state index in [4.69, 9.17) is 0 Å². The Bertz CT molecular complexity index is 497. The lowest BCUT2D eigenvalue weighted by atomic mass is 10.1. The molecule has 2 N–H and O–H groups in total. The molecule has 0 aliphatic carbocycles. The first-order valence-electron chi connectivity index (χ1n) is 5.59. The molecule has 1 saturated heterocycles. The summed E-state index contributed by atoms with van der Waals surface area (Å²) in [6.07, 6.45) is -4.30. The largest absolute Gasteiger partial charge is 0.416 e. The van der Waals surface area contributed by atoms with Crippen molar-refractivity contribution in [3.8, 4) is 0 Å². The van der Waals surface area contributed by atoms with Gasteiger partial charge in [-0.15, -0.1) is 0 Å². The predicted molar refractivity (Wildman–Crippen MR) is 59.8 cm³/mol. The molecule has 0 spiro atoms. The molecule has 1 aromatic rings. The zero-order valence-corrected chi connectivity index (χ0v) is 9.75. The first-order valence-corrected chi connectivity index (χ1v) is 5.59. The molecule has 1 heterocycles. The first kappa shape index (κ1) is 13.5. The van der Waals surface area contributed by atoms with Gasteiger partial charge in [-0.25, -0.2) is 0 Å². The van der Waals surface area contributed by atoms with Gasteiger partial charge < -0.3 is 5.32 Å². The van der Waals surface area contributed by atoms with Gasteiger partial charge in [0.1, 0.15) is 0 Å². The quantitative estimate of drug-likeness (QED) is 0.813. The molecule has 0 saturated carbocycles. The van der Waals surface area contributed by atoms with Crippen molar-refractivity contribution in [2.45, 2.75) is 25.2 Å². The van der Waals surface area contributed by atoms with Crippen LogP contribution in [0.5, 0.6) is 0 Å². The van der Waals surface area contributed by atoms with Crippen molar-refractivity contribution >= 4 is 11.8 Å². The highest BCUT2D eigenvalue weighted by molar-refractivity contribution is 6.05. The van der Waals surface area contributed by atoms with Crippen molar-refractivity contribution in [1.29, 1.82) is 0 Å². The van der Waals surface area contributed by atoms with Crippen LogP contribution in [0.25, 0.3) is 0 Å². The summed E-state index contributed by atoms with van der Waals surface area (Å²) in [5.41, 5.74) is -0.106. The van der Waals surface area contributed by atoms with E-state index in [2.05, 4.69) is 10.6 Å². The highest BCUT2D eigenvalue weighted by Gasteiger charge is 2.31. The van der Waals surface area contributed by atoms with Gasteiger partial charge in [0.15, 0.2) is 0 Å². The molecule has 0 aromatic heterocycles. The Kier molecular flexibility index (Phi) is 3.57. The Balaban J connectivity index is 1.94. The van der Waals surface area contributed by atoms with Gasteiger partial charge in [0, 0.05) is 6.54 Å². The number of carbonyl (C=O) groups excluding carboxylic acids is 2. The number of imide groups is 1. The van der Waals surface area contributed by atoms with Crippen LogP contribution >= 0.6 is 0 Å². The molecule has 2 rings (SSSR count). The fourth-order valence-electron chi connectivity index (χ4n) is 1.77. The third-order valence-electron chi connectivity index (χ3n) is 2.80. The third-order valence-corrected chi connectivity index (χ3v) is 2.80. The molecule has 1 aliphatic heterocycles. The SMILES string of the molecule is O=C1CC(NCc2ccc(C(F)(F)F)cc2)C(=O)N1. The lowest BCUT2D eigenvalue weighted by Crippen LogP contribution is -2.35. The van der Waals surface area contributed by atoms with Gasteiger partial charge in [-0.2, -0.15) is 13.2 Å². The van der Waals surface area contributed by atoms with E-state index in [1.54, 1.807) is 0 Å². The average Bonchev–Trinajstić information content (AvgIpc) is 2.65. The number of hydrogen-bond acceptors (Lipinski definition) is 3. The fraction of sp³-hybridized carbons (Fsp3) is 0.333. The van der Waals surface area contributed by atoms with Crippen LogP contribution in [0.1, 0.15) is 17.5 Å². The van der Waals surface area contributed by atoms with Crippen LogP contribution in [0, 0.1) is 0 Å². The van der Waals surface area contributed by atoms with Crippen molar-refractivity contribution < 1.29 is 22.8 Å². The molecule has 2 amide bonds. The monoisotopic (exact) mass is 272 g/mol. The Morgan fingerprint density at radius 2 is 1.84 bits per heavy atom. The van der Waals surface area contributed by atoms with Crippen LogP contribution in [0.15, 0.2) is 24.3 Å². The molecule has 4 nitrogen and oxygen atoms in total. The number of nitrogens with one attached hydrogen (secondary N) is 2. The Morgan fingerprint density at radius 1 is 1.21 bits per heavy atom. The van der Waals surface area contributed by atoms with Gasteiger partial charge in [0.25, 0.3) is 0 Å². The summed E-state index contributed by atoms with van der Waals surface area (Å²) in [7, 11) is 0. The maximum Gasteiger partial charge on any atom is 0.416 e. The molecule has 0 radical (unpaired) electrons. The molecular weight excluding hydrogens is 261 g/mol. The lowest BCUT2D eigenvalue weighted by molar-refractivity contribution is -0.137. The van der Waals surface area contributed by atoms with Gasteiger partial charge >= 0.3 is 6.18 Å². The standard InChI is InChI=1S/C12H11F3N2O2/c13-12(14,15)8-3-1-7(2-4-8)6-16-9-5-10(18)17-11(9)19/h1-4,9,16H,5-6H2,(H,17,18,19). The molecule has 19 heavy (non-hydrogen) atoms. The van der Waals surface area contributed by atoms with Crippen molar-refractivity contribution in [2.75, 3.05) is 0 Å². The summed E-state index contributed by atoms with van der Waals surface area (Å²) in [5.74, 6) is -0.758. The van der Waals surface area contributed by atoms with Gasteiger partial charge in [-0.1, -0.05) is 12.1 Å². The highest BCUT2D eigenvalue weighted by Crippen LogP contribution is 2.29. The first-order chi connectivity index (χ1) is 8.86. The van der Waals surface area contributed by atoms with Crippen molar-refractivity contribution in [3.05, 3.63) is 35.4 Å². The summed E-state index contributed by atoms with van der Waals surface area (Å²) in [4.78, 5) is 22.2. The normalized spacial score (nSPS) is 19.6. The van der Waals surface area contributed by atoms with E-state index in [1.807, 2.05) is 0 Å². The fourth-order valence-corrected chi connectivity index (χ4v) is 1.77. The van der Waals surface area contributed by atoms with E-state index >= 15 is 0 Å². The van der Waals surface area contributed by atoms with Crippen LogP contribution in [-0.2, 0) is 22.3 Å². The van der Waals surface area contributed by atoms with Crippen molar-refractivity contribution in [3.63, 3.8) is 0 Å². The van der Waals surface area contributed by atoms with Crippen LogP contribution in [0.2, 0.25) is 0 Å². The number of carbonyl (C=O) groups is 2. The number of halogens is 3. The van der Waals surface area contributed by atoms with Crippen LogP contribution in [-0.4, -0.2) is 17.9 Å². The zero-order chi connectivity index (χ0) is 14.0. The summed E-state index contributed by atoms with van der Waals surface area (Å²) in [5, 5.41) is 4.97. The lowest BCUT2D eigenvalue weighted by Gasteiger charge is -2.10. The second-order valence-corrected chi connectivity index (χ2v) is 4.24. The van der Waals surface area contributed by atoms with Crippen molar-refractivity contribution in [2.24, 2.45) is 0 Å². The number of benzene rings is 1. The molecule has 7 heteroatoms. The minimum atomic E-state index is -4.36. The Labute approximate surface area is 107 Å². The van der Waals surface area contributed by atoms with E-state index in [0.29, 0.717) is 5.56 Å². The minimum absolute atomic E-state index is 0.0550. The van der Waals surface area contributed by atoms with Gasteiger partial charge in [-0.3, -0.25) is 14.9 Å². The zero-order valence-electron chi connectivity index (χ0n) is 9.75. The van der Waals surface area contributed by atoms with E-state index in [0.717, 1.165) is 12.1 Å². The Hall–Kier alpha value is -1.89. The number of hydrogen-bond donors (Lipinski definition) is 2. The Morgan fingerprint density at radius 3 is 2.32 bits per heavy atom. The molecular formula is C12H11F3N2O2. The molecule has 1 aliphatic rings. The van der Waals surface area contributed by atoms with E-state index in [9.17, 15) is 22.8 Å². The third kappa shape index (κ3) is 3.31. The van der Waals surface area contributed by atoms with Crippen molar-refractivity contribution in [1.82, 2.24) is 10.6 Å². The summed E-state index contributed by atoms with van der Waals surface area (Å²) < 4.78 is 37.0. The molecule has 1 atom stereocenters. The van der Waals surface area contributed by atoms with E-state index in [-0.39, 0.29) is 18.9 Å². The summed E-state index contributed by atoms with van der Waals surface area (Å²) >= 11 is 0. The maximum absolute atomic E-state index is 12.3.